The SMILES string of the molecule is O=C(O)N[C@H]1CC[C@H](C(=O)Nc2ccc(NC(=O)c3cccc(Br)n3)cc2)CC1. The molecule has 0 bridgehead atoms. The molecule has 1 heterocycles. The first kappa shape index (κ1) is 20.8. The minimum atomic E-state index is -1.03. The lowest BCUT2D eigenvalue weighted by Crippen LogP contribution is -2.38. The van der Waals surface area contributed by atoms with Crippen molar-refractivity contribution in [1.82, 2.24) is 10.3 Å². The molecule has 3 rings (SSSR count). The Bertz CT molecular complexity index is 896. The summed E-state index contributed by atoms with van der Waals surface area (Å²) in [5.74, 6) is -0.535. The van der Waals surface area contributed by atoms with Crippen molar-refractivity contribution >= 4 is 45.2 Å². The van der Waals surface area contributed by atoms with Gasteiger partial charge in [-0.25, -0.2) is 9.78 Å². The van der Waals surface area contributed by atoms with E-state index in [4.69, 9.17) is 5.11 Å². The highest BCUT2D eigenvalue weighted by Gasteiger charge is 2.27. The first-order valence-electron chi connectivity index (χ1n) is 9.25. The van der Waals surface area contributed by atoms with Gasteiger partial charge in [0.2, 0.25) is 5.91 Å². The van der Waals surface area contributed by atoms with Crippen LogP contribution in [-0.4, -0.2) is 34.0 Å². The van der Waals surface area contributed by atoms with Gasteiger partial charge in [0.25, 0.3) is 5.91 Å². The summed E-state index contributed by atoms with van der Waals surface area (Å²) >= 11 is 3.23. The average molecular weight is 461 g/mol. The summed E-state index contributed by atoms with van der Waals surface area (Å²) in [4.78, 5) is 39.5. The van der Waals surface area contributed by atoms with Crippen molar-refractivity contribution in [3.05, 3.63) is 52.8 Å². The van der Waals surface area contributed by atoms with Crippen LogP contribution in [0, 0.1) is 5.92 Å². The summed E-state index contributed by atoms with van der Waals surface area (Å²) in [6.45, 7) is 0. The van der Waals surface area contributed by atoms with Crippen LogP contribution in [0.1, 0.15) is 36.2 Å². The maximum atomic E-state index is 12.4. The number of rotatable bonds is 5. The van der Waals surface area contributed by atoms with E-state index in [2.05, 4.69) is 36.9 Å². The van der Waals surface area contributed by atoms with Crippen molar-refractivity contribution in [2.75, 3.05) is 10.6 Å². The van der Waals surface area contributed by atoms with Crippen molar-refractivity contribution in [2.45, 2.75) is 31.7 Å². The zero-order chi connectivity index (χ0) is 20.8. The van der Waals surface area contributed by atoms with Gasteiger partial charge in [-0.1, -0.05) is 6.07 Å². The van der Waals surface area contributed by atoms with Gasteiger partial charge in [0.15, 0.2) is 0 Å². The molecule has 1 saturated carbocycles. The molecule has 9 heteroatoms. The van der Waals surface area contributed by atoms with E-state index in [1.165, 1.54) is 0 Å². The van der Waals surface area contributed by atoms with Gasteiger partial charge in [-0.2, -0.15) is 0 Å². The fourth-order valence-corrected chi connectivity index (χ4v) is 3.63. The minimum absolute atomic E-state index is 0.0751. The normalized spacial score (nSPS) is 18.5. The molecule has 0 radical (unpaired) electrons. The number of anilines is 2. The number of hydrogen-bond donors (Lipinski definition) is 4. The van der Waals surface area contributed by atoms with Crippen LogP contribution in [-0.2, 0) is 4.79 Å². The highest BCUT2D eigenvalue weighted by atomic mass is 79.9. The van der Waals surface area contributed by atoms with Crippen LogP contribution in [0.5, 0.6) is 0 Å². The van der Waals surface area contributed by atoms with E-state index in [-0.39, 0.29) is 23.8 Å². The van der Waals surface area contributed by atoms with Gasteiger partial charge >= 0.3 is 6.09 Å². The molecule has 0 atom stereocenters. The molecule has 1 aromatic carbocycles. The summed E-state index contributed by atoms with van der Waals surface area (Å²) in [5.41, 5.74) is 1.53. The number of carboxylic acid groups (broad SMARTS) is 1. The molecule has 1 aliphatic carbocycles. The van der Waals surface area contributed by atoms with Gasteiger partial charge in [-0.15, -0.1) is 0 Å². The van der Waals surface area contributed by atoms with Crippen LogP contribution in [0.3, 0.4) is 0 Å². The van der Waals surface area contributed by atoms with Gasteiger partial charge in [0.1, 0.15) is 10.3 Å². The lowest BCUT2D eigenvalue weighted by Gasteiger charge is -2.27. The third-order valence-corrected chi connectivity index (χ3v) is 5.23. The number of amides is 3. The zero-order valence-corrected chi connectivity index (χ0v) is 17.1. The molecule has 0 unspecified atom stereocenters. The molecule has 0 spiro atoms. The fourth-order valence-electron chi connectivity index (χ4n) is 3.29. The smallest absolute Gasteiger partial charge is 0.404 e. The molecule has 29 heavy (non-hydrogen) atoms. The van der Waals surface area contributed by atoms with Crippen LogP contribution < -0.4 is 16.0 Å². The van der Waals surface area contributed by atoms with E-state index in [0.717, 1.165) is 0 Å². The Morgan fingerprint density at radius 1 is 0.931 bits per heavy atom. The lowest BCUT2D eigenvalue weighted by molar-refractivity contribution is -0.120. The third kappa shape index (κ3) is 6.02. The second-order valence-electron chi connectivity index (χ2n) is 6.86. The number of carbonyl (C=O) groups is 3. The Morgan fingerprint density at radius 2 is 1.55 bits per heavy atom. The van der Waals surface area contributed by atoms with Crippen molar-refractivity contribution in [3.63, 3.8) is 0 Å². The monoisotopic (exact) mass is 460 g/mol. The number of nitrogens with zero attached hydrogens (tertiary/aromatic N) is 1. The predicted molar refractivity (Wildman–Crippen MR) is 112 cm³/mol. The van der Waals surface area contributed by atoms with E-state index < -0.39 is 6.09 Å². The van der Waals surface area contributed by atoms with Gasteiger partial charge in [-0.05, 0) is 78.0 Å². The molecule has 4 N–H and O–H groups in total. The van der Waals surface area contributed by atoms with Crippen molar-refractivity contribution < 1.29 is 19.5 Å². The van der Waals surface area contributed by atoms with Crippen molar-refractivity contribution in [1.29, 1.82) is 0 Å². The second kappa shape index (κ2) is 9.51. The molecule has 8 nitrogen and oxygen atoms in total. The summed E-state index contributed by atoms with van der Waals surface area (Å²) in [6, 6.07) is 11.9. The number of halogens is 1. The Balaban J connectivity index is 1.51. The zero-order valence-electron chi connectivity index (χ0n) is 15.5. The summed E-state index contributed by atoms with van der Waals surface area (Å²) < 4.78 is 0.580. The number of nitrogens with one attached hydrogen (secondary N) is 3. The molecule has 3 amide bonds. The third-order valence-electron chi connectivity index (χ3n) is 4.78. The van der Waals surface area contributed by atoms with Crippen LogP contribution in [0.15, 0.2) is 47.1 Å². The largest absolute Gasteiger partial charge is 0.465 e. The van der Waals surface area contributed by atoms with E-state index in [1.54, 1.807) is 42.5 Å². The van der Waals surface area contributed by atoms with Crippen LogP contribution in [0.25, 0.3) is 0 Å². The van der Waals surface area contributed by atoms with Gasteiger partial charge in [-0.3, -0.25) is 9.59 Å². The number of hydrogen-bond acceptors (Lipinski definition) is 4. The molecule has 1 aliphatic rings. The Kier molecular flexibility index (Phi) is 6.82. The van der Waals surface area contributed by atoms with E-state index in [1.807, 2.05) is 0 Å². The predicted octanol–water partition coefficient (Wildman–Crippen LogP) is 3.86. The summed E-state index contributed by atoms with van der Waals surface area (Å²) in [6.07, 6.45) is 1.56. The van der Waals surface area contributed by atoms with E-state index in [0.29, 0.717) is 47.4 Å². The first-order valence-corrected chi connectivity index (χ1v) is 10.0. The maximum Gasteiger partial charge on any atom is 0.404 e. The lowest BCUT2D eigenvalue weighted by atomic mass is 9.85. The van der Waals surface area contributed by atoms with Crippen LogP contribution in [0.4, 0.5) is 16.2 Å². The van der Waals surface area contributed by atoms with Gasteiger partial charge < -0.3 is 21.1 Å². The second-order valence-corrected chi connectivity index (χ2v) is 7.68. The Hall–Kier alpha value is -2.94. The molecule has 2 aromatic rings. The molecule has 1 fully saturated rings. The average Bonchev–Trinajstić information content (AvgIpc) is 2.69. The number of carbonyl (C=O) groups excluding carboxylic acids is 2. The van der Waals surface area contributed by atoms with Crippen LogP contribution >= 0.6 is 15.9 Å². The standard InChI is InChI=1S/C20H21BrN4O4/c21-17-3-1-2-16(25-17)19(27)23-14-10-8-13(9-11-14)22-18(26)12-4-6-15(7-5-12)24-20(28)29/h1-3,8-12,15,24H,4-7H2,(H,22,26)(H,23,27)(H,28,29)/t12-,15-. The summed E-state index contributed by atoms with van der Waals surface area (Å²) in [7, 11) is 0. The quantitative estimate of drug-likeness (QED) is 0.504. The van der Waals surface area contributed by atoms with E-state index in [9.17, 15) is 14.4 Å². The Labute approximate surface area is 176 Å². The minimum Gasteiger partial charge on any atom is -0.465 e. The molecule has 1 aromatic heterocycles. The highest BCUT2D eigenvalue weighted by molar-refractivity contribution is 9.10. The Morgan fingerprint density at radius 3 is 2.14 bits per heavy atom. The van der Waals surface area contributed by atoms with Gasteiger partial charge in [0, 0.05) is 23.3 Å². The maximum absolute atomic E-state index is 12.4. The number of benzene rings is 1. The topological polar surface area (TPSA) is 120 Å². The molecular weight excluding hydrogens is 440 g/mol. The van der Waals surface area contributed by atoms with E-state index >= 15 is 0 Å². The fraction of sp³-hybridized carbons (Fsp3) is 0.300. The number of pyridine rings is 1. The van der Waals surface area contributed by atoms with Crippen molar-refractivity contribution in [2.24, 2.45) is 5.92 Å². The molecule has 0 saturated heterocycles. The molecular formula is C20H21BrN4O4. The molecule has 0 aliphatic heterocycles. The van der Waals surface area contributed by atoms with Crippen molar-refractivity contribution in [3.8, 4) is 0 Å². The molecule has 152 valence electrons. The van der Waals surface area contributed by atoms with Crippen LogP contribution in [0.2, 0.25) is 0 Å². The first-order chi connectivity index (χ1) is 13.9. The number of aromatic nitrogens is 1. The highest BCUT2D eigenvalue weighted by Crippen LogP contribution is 2.26. The van der Waals surface area contributed by atoms with Gasteiger partial charge in [0.05, 0.1) is 0 Å². The summed E-state index contributed by atoms with van der Waals surface area (Å²) in [5, 5.41) is 16.9.